The summed E-state index contributed by atoms with van der Waals surface area (Å²) in [6.07, 6.45) is -2.61. The Morgan fingerprint density at radius 1 is 1.17 bits per heavy atom. The molecule has 0 spiro atoms. The van der Waals surface area contributed by atoms with Gasteiger partial charge in [-0.3, -0.25) is 4.79 Å². The largest absolute Gasteiger partial charge is 0.417 e. The molecular weight excluding hydrogens is 397 g/mol. The third kappa shape index (κ3) is 5.41. The third-order valence-electron chi connectivity index (χ3n) is 4.54. The first kappa shape index (κ1) is 21.0. The van der Waals surface area contributed by atoms with Gasteiger partial charge in [-0.2, -0.15) is 13.2 Å². The lowest BCUT2D eigenvalue weighted by Gasteiger charge is -2.22. The summed E-state index contributed by atoms with van der Waals surface area (Å²) < 4.78 is 72.3. The van der Waals surface area contributed by atoms with Gasteiger partial charge in [-0.1, -0.05) is 0 Å². The Morgan fingerprint density at radius 2 is 1.90 bits per heavy atom. The first-order chi connectivity index (χ1) is 13.7. The maximum atomic E-state index is 13.7. The third-order valence-corrected chi connectivity index (χ3v) is 4.54. The monoisotopic (exact) mass is 415 g/mol. The maximum Gasteiger partial charge on any atom is 0.417 e. The van der Waals surface area contributed by atoms with Crippen LogP contribution in [0, 0.1) is 17.6 Å². The van der Waals surface area contributed by atoms with E-state index in [2.05, 4.69) is 15.6 Å². The SMILES string of the molecule is O=C(NCC1CCOCC1)c1cnc(Nc2ccc(F)cc2F)cc1C(F)(F)F. The Balaban J connectivity index is 1.79. The molecular formula is C19H18F5N3O2. The zero-order chi connectivity index (χ0) is 21.0. The molecule has 1 aliphatic rings. The first-order valence-corrected chi connectivity index (χ1v) is 8.89. The highest BCUT2D eigenvalue weighted by Gasteiger charge is 2.36. The highest BCUT2D eigenvalue weighted by atomic mass is 19.4. The van der Waals surface area contributed by atoms with Crippen LogP contribution in [-0.2, 0) is 10.9 Å². The highest BCUT2D eigenvalue weighted by molar-refractivity contribution is 5.96. The normalized spacial score (nSPS) is 15.2. The summed E-state index contributed by atoms with van der Waals surface area (Å²) in [4.78, 5) is 16.1. The molecule has 29 heavy (non-hydrogen) atoms. The predicted molar refractivity (Wildman–Crippen MR) is 94.8 cm³/mol. The van der Waals surface area contributed by atoms with Gasteiger partial charge in [0.1, 0.15) is 17.5 Å². The number of anilines is 2. The Morgan fingerprint density at radius 3 is 2.55 bits per heavy atom. The molecule has 10 heteroatoms. The van der Waals surface area contributed by atoms with Crippen LogP contribution in [0.15, 0.2) is 30.5 Å². The molecule has 2 N–H and O–H groups in total. The topological polar surface area (TPSA) is 63.2 Å². The van der Waals surface area contributed by atoms with E-state index in [1.165, 1.54) is 0 Å². The molecule has 5 nitrogen and oxygen atoms in total. The zero-order valence-corrected chi connectivity index (χ0v) is 15.2. The zero-order valence-electron chi connectivity index (χ0n) is 15.2. The van der Waals surface area contributed by atoms with Gasteiger partial charge in [-0.05, 0) is 37.0 Å². The van der Waals surface area contributed by atoms with Gasteiger partial charge in [0.05, 0.1) is 16.8 Å². The van der Waals surface area contributed by atoms with Crippen LogP contribution in [0.3, 0.4) is 0 Å². The lowest BCUT2D eigenvalue weighted by molar-refractivity contribution is -0.137. The molecule has 1 amide bonds. The summed E-state index contributed by atoms with van der Waals surface area (Å²) in [7, 11) is 0. The lowest BCUT2D eigenvalue weighted by atomic mass is 10.00. The van der Waals surface area contributed by atoms with Gasteiger partial charge in [0.2, 0.25) is 0 Å². The van der Waals surface area contributed by atoms with Crippen molar-refractivity contribution in [3.05, 3.63) is 53.2 Å². The fourth-order valence-electron chi connectivity index (χ4n) is 2.95. The Labute approximate surface area is 163 Å². The summed E-state index contributed by atoms with van der Waals surface area (Å²) in [6.45, 7) is 1.34. The first-order valence-electron chi connectivity index (χ1n) is 8.89. The van der Waals surface area contributed by atoms with Crippen LogP contribution in [0.1, 0.15) is 28.8 Å². The minimum atomic E-state index is -4.83. The van der Waals surface area contributed by atoms with Crippen molar-refractivity contribution in [2.45, 2.75) is 19.0 Å². The number of carbonyl (C=O) groups is 1. The molecule has 1 aliphatic heterocycles. The van der Waals surface area contributed by atoms with Gasteiger partial charge in [-0.15, -0.1) is 0 Å². The van der Waals surface area contributed by atoms with Crippen LogP contribution in [0.2, 0.25) is 0 Å². The predicted octanol–water partition coefficient (Wildman–Crippen LogP) is 4.28. The average Bonchev–Trinajstić information content (AvgIpc) is 2.68. The van der Waals surface area contributed by atoms with Crippen molar-refractivity contribution in [2.75, 3.05) is 25.1 Å². The number of nitrogens with zero attached hydrogens (tertiary/aromatic N) is 1. The number of benzene rings is 1. The number of ether oxygens (including phenoxy) is 1. The van der Waals surface area contributed by atoms with Gasteiger partial charge in [0, 0.05) is 32.0 Å². The Bertz CT molecular complexity index is 883. The molecule has 0 bridgehead atoms. The van der Waals surface area contributed by atoms with Gasteiger partial charge < -0.3 is 15.4 Å². The number of carbonyl (C=O) groups excluding carboxylic acids is 1. The molecule has 3 rings (SSSR count). The molecule has 2 aromatic rings. The fraction of sp³-hybridized carbons (Fsp3) is 0.368. The van der Waals surface area contributed by atoms with Crippen LogP contribution in [-0.4, -0.2) is 30.6 Å². The number of rotatable bonds is 5. The van der Waals surface area contributed by atoms with Crippen LogP contribution in [0.4, 0.5) is 33.5 Å². The summed E-state index contributed by atoms with van der Waals surface area (Å²) in [5, 5.41) is 4.87. The molecule has 156 valence electrons. The molecule has 0 atom stereocenters. The average molecular weight is 415 g/mol. The summed E-state index contributed by atoms with van der Waals surface area (Å²) in [5.41, 5.74) is -2.08. The number of hydrogen-bond acceptors (Lipinski definition) is 4. The van der Waals surface area contributed by atoms with Crippen molar-refractivity contribution in [3.8, 4) is 0 Å². The van der Waals surface area contributed by atoms with Crippen molar-refractivity contribution < 1.29 is 31.5 Å². The number of nitrogens with one attached hydrogen (secondary N) is 2. The number of alkyl halides is 3. The van der Waals surface area contributed by atoms with E-state index >= 15 is 0 Å². The minimum Gasteiger partial charge on any atom is -0.381 e. The van der Waals surface area contributed by atoms with E-state index < -0.39 is 34.8 Å². The van der Waals surface area contributed by atoms with Crippen LogP contribution in [0.5, 0.6) is 0 Å². The standard InChI is InChI=1S/C19H18F5N3O2/c20-12-1-2-16(15(21)7-12)27-17-8-14(19(22,23)24)13(10-25-17)18(28)26-9-11-3-5-29-6-4-11/h1-2,7-8,10-11H,3-6,9H2,(H,25,27)(H,26,28). The van der Waals surface area contributed by atoms with E-state index in [9.17, 15) is 26.7 Å². The van der Waals surface area contributed by atoms with E-state index in [0.29, 0.717) is 25.3 Å². The van der Waals surface area contributed by atoms with Gasteiger partial charge in [0.25, 0.3) is 5.91 Å². The van der Waals surface area contributed by atoms with Crippen LogP contribution < -0.4 is 10.6 Å². The van der Waals surface area contributed by atoms with E-state index in [1.807, 2.05) is 0 Å². The number of pyridine rings is 1. The van der Waals surface area contributed by atoms with Gasteiger partial charge >= 0.3 is 6.18 Å². The fourth-order valence-corrected chi connectivity index (χ4v) is 2.95. The molecule has 1 saturated heterocycles. The molecule has 0 unspecified atom stereocenters. The number of amides is 1. The van der Waals surface area contributed by atoms with Gasteiger partial charge in [-0.25, -0.2) is 13.8 Å². The molecule has 1 fully saturated rings. The minimum absolute atomic E-state index is 0.136. The van der Waals surface area contributed by atoms with Crippen LogP contribution >= 0.6 is 0 Å². The van der Waals surface area contributed by atoms with Gasteiger partial charge in [0.15, 0.2) is 0 Å². The summed E-state index contributed by atoms with van der Waals surface area (Å²) >= 11 is 0. The second-order valence-electron chi connectivity index (χ2n) is 6.63. The lowest BCUT2D eigenvalue weighted by Crippen LogP contribution is -2.33. The van der Waals surface area contributed by atoms with E-state index in [4.69, 9.17) is 4.74 Å². The van der Waals surface area contributed by atoms with Crippen molar-refractivity contribution >= 4 is 17.4 Å². The second kappa shape index (κ2) is 8.73. The van der Waals surface area contributed by atoms with E-state index in [0.717, 1.165) is 31.2 Å². The van der Waals surface area contributed by atoms with Crippen molar-refractivity contribution in [1.82, 2.24) is 10.3 Å². The molecule has 0 saturated carbocycles. The maximum absolute atomic E-state index is 13.7. The van der Waals surface area contributed by atoms with Crippen molar-refractivity contribution in [3.63, 3.8) is 0 Å². The van der Waals surface area contributed by atoms with Crippen molar-refractivity contribution in [1.29, 1.82) is 0 Å². The quantitative estimate of drug-likeness (QED) is 0.716. The molecule has 1 aromatic carbocycles. The smallest absolute Gasteiger partial charge is 0.381 e. The molecule has 1 aromatic heterocycles. The Kier molecular flexibility index (Phi) is 6.31. The molecule has 0 radical (unpaired) electrons. The van der Waals surface area contributed by atoms with Crippen molar-refractivity contribution in [2.24, 2.45) is 5.92 Å². The number of halogens is 5. The Hall–Kier alpha value is -2.75. The number of hydrogen-bond donors (Lipinski definition) is 2. The van der Waals surface area contributed by atoms with E-state index in [1.54, 1.807) is 0 Å². The molecule has 2 heterocycles. The van der Waals surface area contributed by atoms with Crippen LogP contribution in [0.25, 0.3) is 0 Å². The summed E-state index contributed by atoms with van der Waals surface area (Å²) in [6, 6.07) is 3.19. The number of aromatic nitrogens is 1. The second-order valence-corrected chi connectivity index (χ2v) is 6.63. The highest BCUT2D eigenvalue weighted by Crippen LogP contribution is 2.34. The summed E-state index contributed by atoms with van der Waals surface area (Å²) in [5.74, 6) is -2.90. The van der Waals surface area contributed by atoms with E-state index in [-0.39, 0.29) is 24.0 Å². The molecule has 0 aliphatic carbocycles.